The molecule has 0 aromatic heterocycles. The molecular formula is C7H19IN2. The third-order valence-electron chi connectivity index (χ3n) is 1.45. The van der Waals surface area contributed by atoms with Crippen molar-refractivity contribution in [2.45, 2.75) is 32.1 Å². The lowest BCUT2D eigenvalue weighted by Crippen LogP contribution is -3.00. The highest BCUT2D eigenvalue weighted by Gasteiger charge is 1.87. The Morgan fingerprint density at radius 2 is 1.40 bits per heavy atom. The van der Waals surface area contributed by atoms with Gasteiger partial charge in [0.2, 0.25) is 0 Å². The van der Waals surface area contributed by atoms with Crippen LogP contribution in [-0.4, -0.2) is 13.1 Å². The minimum atomic E-state index is 0. The Kier molecular flexibility index (Phi) is 16.4. The molecule has 5 N–H and O–H groups in total. The van der Waals surface area contributed by atoms with Crippen molar-refractivity contribution in [2.24, 2.45) is 5.73 Å². The SMILES string of the molecule is NCCCCCCC[NH3+].[I-]. The zero-order valence-electron chi connectivity index (χ0n) is 6.61. The van der Waals surface area contributed by atoms with E-state index in [1.807, 2.05) is 0 Å². The summed E-state index contributed by atoms with van der Waals surface area (Å²) in [7, 11) is 0. The lowest BCUT2D eigenvalue weighted by Gasteiger charge is -1.95. The lowest BCUT2D eigenvalue weighted by atomic mass is 10.1. The van der Waals surface area contributed by atoms with Crippen molar-refractivity contribution in [3.8, 4) is 0 Å². The van der Waals surface area contributed by atoms with Gasteiger partial charge in [-0.05, 0) is 25.8 Å². The molecule has 0 saturated carbocycles. The van der Waals surface area contributed by atoms with Gasteiger partial charge in [-0.1, -0.05) is 12.8 Å². The molecule has 0 bridgehead atoms. The molecule has 0 aliphatic carbocycles. The highest BCUT2D eigenvalue weighted by Crippen LogP contribution is 1.99. The summed E-state index contributed by atoms with van der Waals surface area (Å²) in [6, 6.07) is 0. The number of nitrogens with two attached hydrogens (primary N) is 1. The second kappa shape index (κ2) is 12.3. The smallest absolute Gasteiger partial charge is 0.0739 e. The fraction of sp³-hybridized carbons (Fsp3) is 1.00. The van der Waals surface area contributed by atoms with Crippen molar-refractivity contribution < 1.29 is 29.7 Å². The van der Waals surface area contributed by atoms with Gasteiger partial charge in [0.1, 0.15) is 0 Å². The van der Waals surface area contributed by atoms with E-state index in [-0.39, 0.29) is 24.0 Å². The molecule has 0 aromatic rings. The molecule has 0 atom stereocenters. The van der Waals surface area contributed by atoms with Crippen molar-refractivity contribution in [1.29, 1.82) is 0 Å². The molecule has 0 unspecified atom stereocenters. The number of halogens is 1. The standard InChI is InChI=1S/C7H18N2.HI/c8-6-4-2-1-3-5-7-9;/h1-9H2;1H. The van der Waals surface area contributed by atoms with E-state index in [0.29, 0.717) is 0 Å². The molecular weight excluding hydrogens is 239 g/mol. The van der Waals surface area contributed by atoms with E-state index in [2.05, 4.69) is 5.73 Å². The lowest BCUT2D eigenvalue weighted by molar-refractivity contribution is -0.368. The van der Waals surface area contributed by atoms with Crippen LogP contribution < -0.4 is 35.4 Å². The van der Waals surface area contributed by atoms with Gasteiger partial charge < -0.3 is 35.4 Å². The van der Waals surface area contributed by atoms with Crippen LogP contribution in [0, 0.1) is 0 Å². The molecule has 2 nitrogen and oxygen atoms in total. The maximum Gasteiger partial charge on any atom is 0.0739 e. The van der Waals surface area contributed by atoms with Crippen LogP contribution in [0.3, 0.4) is 0 Å². The van der Waals surface area contributed by atoms with Crippen LogP contribution in [0.2, 0.25) is 0 Å². The molecule has 0 spiro atoms. The number of hydrogen-bond acceptors (Lipinski definition) is 1. The Morgan fingerprint density at radius 1 is 0.900 bits per heavy atom. The van der Waals surface area contributed by atoms with E-state index in [1.165, 1.54) is 32.1 Å². The summed E-state index contributed by atoms with van der Waals surface area (Å²) < 4.78 is 0. The molecule has 0 radical (unpaired) electrons. The van der Waals surface area contributed by atoms with Crippen LogP contribution in [0.25, 0.3) is 0 Å². The van der Waals surface area contributed by atoms with Gasteiger partial charge in [-0.3, -0.25) is 0 Å². The van der Waals surface area contributed by atoms with Crippen LogP contribution in [-0.2, 0) is 0 Å². The highest BCUT2D eigenvalue weighted by molar-refractivity contribution is 4.42. The third kappa shape index (κ3) is 11.4. The maximum absolute atomic E-state index is 5.33. The van der Waals surface area contributed by atoms with Crippen molar-refractivity contribution in [3.05, 3.63) is 0 Å². The zero-order valence-corrected chi connectivity index (χ0v) is 8.77. The van der Waals surface area contributed by atoms with E-state index in [1.54, 1.807) is 0 Å². The minimum absolute atomic E-state index is 0. The summed E-state index contributed by atoms with van der Waals surface area (Å²) in [6.07, 6.45) is 6.45. The van der Waals surface area contributed by atoms with Gasteiger partial charge in [0.05, 0.1) is 6.54 Å². The third-order valence-corrected chi connectivity index (χ3v) is 1.45. The van der Waals surface area contributed by atoms with Crippen LogP contribution in [0.15, 0.2) is 0 Å². The molecule has 0 saturated heterocycles. The van der Waals surface area contributed by atoms with Crippen LogP contribution >= 0.6 is 0 Å². The molecule has 10 heavy (non-hydrogen) atoms. The molecule has 0 aromatic carbocycles. The van der Waals surface area contributed by atoms with Crippen molar-refractivity contribution in [2.75, 3.05) is 13.1 Å². The summed E-state index contributed by atoms with van der Waals surface area (Å²) in [5, 5.41) is 0. The van der Waals surface area contributed by atoms with Crippen molar-refractivity contribution in [3.63, 3.8) is 0 Å². The highest BCUT2D eigenvalue weighted by atomic mass is 127. The summed E-state index contributed by atoms with van der Waals surface area (Å²) >= 11 is 0. The van der Waals surface area contributed by atoms with Crippen LogP contribution in [0.1, 0.15) is 32.1 Å². The molecule has 0 aliphatic rings. The Labute approximate surface area is 80.8 Å². The molecule has 0 aliphatic heterocycles. The molecule has 0 heterocycles. The number of rotatable bonds is 6. The first kappa shape index (κ1) is 13.3. The molecule has 0 amide bonds. The Balaban J connectivity index is 0. The quantitative estimate of drug-likeness (QED) is 0.391. The summed E-state index contributed by atoms with van der Waals surface area (Å²) in [6.45, 7) is 1.94. The first-order chi connectivity index (χ1) is 4.41. The number of hydrogen-bond donors (Lipinski definition) is 2. The monoisotopic (exact) mass is 258 g/mol. The van der Waals surface area contributed by atoms with Gasteiger partial charge in [-0.2, -0.15) is 0 Å². The van der Waals surface area contributed by atoms with Crippen molar-refractivity contribution in [1.82, 2.24) is 0 Å². The second-order valence-corrected chi connectivity index (χ2v) is 2.41. The van der Waals surface area contributed by atoms with E-state index in [0.717, 1.165) is 13.1 Å². The molecule has 64 valence electrons. The summed E-state index contributed by atoms with van der Waals surface area (Å²) in [4.78, 5) is 0. The van der Waals surface area contributed by atoms with Gasteiger partial charge in [0, 0.05) is 0 Å². The van der Waals surface area contributed by atoms with Gasteiger partial charge in [0.25, 0.3) is 0 Å². The predicted molar refractivity (Wildman–Crippen MR) is 39.9 cm³/mol. The largest absolute Gasteiger partial charge is 1.00 e. The van der Waals surface area contributed by atoms with Gasteiger partial charge in [-0.25, -0.2) is 0 Å². The fourth-order valence-corrected chi connectivity index (χ4v) is 0.851. The fourth-order valence-electron chi connectivity index (χ4n) is 0.851. The first-order valence-electron chi connectivity index (χ1n) is 3.91. The molecule has 3 heteroatoms. The van der Waals surface area contributed by atoms with E-state index < -0.39 is 0 Å². The predicted octanol–water partition coefficient (Wildman–Crippen LogP) is -2.86. The zero-order chi connectivity index (χ0) is 6.95. The van der Waals surface area contributed by atoms with Crippen molar-refractivity contribution >= 4 is 0 Å². The number of quaternary nitrogens is 1. The first-order valence-corrected chi connectivity index (χ1v) is 3.91. The normalized spacial score (nSPS) is 9.00. The van der Waals surface area contributed by atoms with Gasteiger partial charge in [0.15, 0.2) is 0 Å². The average Bonchev–Trinajstić information content (AvgIpc) is 1.89. The van der Waals surface area contributed by atoms with E-state index in [4.69, 9.17) is 5.73 Å². The Hall–Kier alpha value is 0.650. The van der Waals surface area contributed by atoms with E-state index >= 15 is 0 Å². The molecule has 0 rings (SSSR count). The molecule has 0 fully saturated rings. The maximum atomic E-state index is 5.33. The summed E-state index contributed by atoms with van der Waals surface area (Å²) in [5.41, 5.74) is 9.11. The van der Waals surface area contributed by atoms with Gasteiger partial charge in [-0.15, -0.1) is 0 Å². The topological polar surface area (TPSA) is 53.7 Å². The number of unbranched alkanes of at least 4 members (excludes halogenated alkanes) is 4. The van der Waals surface area contributed by atoms with Gasteiger partial charge >= 0.3 is 0 Å². The van der Waals surface area contributed by atoms with Crippen LogP contribution in [0.5, 0.6) is 0 Å². The average molecular weight is 258 g/mol. The Morgan fingerprint density at radius 3 is 1.90 bits per heavy atom. The second-order valence-electron chi connectivity index (χ2n) is 2.41. The Bertz CT molecular complexity index is 44.9. The minimum Gasteiger partial charge on any atom is -1.00 e. The van der Waals surface area contributed by atoms with E-state index in [9.17, 15) is 0 Å². The van der Waals surface area contributed by atoms with Crippen LogP contribution in [0.4, 0.5) is 0 Å². The summed E-state index contributed by atoms with van der Waals surface area (Å²) in [5.74, 6) is 0.